The van der Waals surface area contributed by atoms with Gasteiger partial charge in [-0.15, -0.1) is 0 Å². The van der Waals surface area contributed by atoms with Crippen LogP contribution in [0.25, 0.3) is 0 Å². The van der Waals surface area contributed by atoms with Crippen LogP contribution in [0, 0.1) is 0 Å². The summed E-state index contributed by atoms with van der Waals surface area (Å²) in [5, 5.41) is 0.201. The summed E-state index contributed by atoms with van der Waals surface area (Å²) in [5.74, 6) is -0.457. The molecule has 40 heavy (non-hydrogen) atoms. The molecule has 0 atom stereocenters. The first kappa shape index (κ1) is 29.9. The van der Waals surface area contributed by atoms with E-state index in [4.69, 9.17) is 23.2 Å². The van der Waals surface area contributed by atoms with E-state index in [-0.39, 0.29) is 46.6 Å². The Labute approximate surface area is 242 Å². The topological polar surface area (TPSA) is 40.6 Å². The summed E-state index contributed by atoms with van der Waals surface area (Å²) in [4.78, 5) is 29.2. The minimum Gasteiger partial charge on any atom is -0.334 e. The zero-order chi connectivity index (χ0) is 29.2. The second-order valence-corrected chi connectivity index (χ2v) is 11.9. The number of amides is 2. The van der Waals surface area contributed by atoms with Crippen molar-refractivity contribution >= 4 is 41.2 Å². The molecule has 2 amide bonds. The number of nitrogens with zero attached hydrogens (tertiary/aromatic N) is 2. The summed E-state index contributed by atoms with van der Waals surface area (Å²) in [5.41, 5.74) is 2.09. The van der Waals surface area contributed by atoms with E-state index >= 15 is 0 Å². The van der Waals surface area contributed by atoms with E-state index in [0.717, 1.165) is 36.1 Å². The third-order valence-corrected chi connectivity index (χ3v) is 7.83. The maximum absolute atomic E-state index is 14.1. The van der Waals surface area contributed by atoms with E-state index in [1.165, 1.54) is 11.0 Å². The fraction of sp³-hybridized carbons (Fsp3) is 0.355. The van der Waals surface area contributed by atoms with E-state index < -0.39 is 17.6 Å². The molecular formula is C31H31Cl2F3N2O2. The van der Waals surface area contributed by atoms with E-state index in [1.54, 1.807) is 23.1 Å². The van der Waals surface area contributed by atoms with Crippen LogP contribution in [0.2, 0.25) is 10.0 Å². The van der Waals surface area contributed by atoms with Crippen LogP contribution < -0.4 is 4.90 Å². The monoisotopic (exact) mass is 590 g/mol. The molecule has 0 aliphatic heterocycles. The molecule has 212 valence electrons. The minimum atomic E-state index is -4.47. The van der Waals surface area contributed by atoms with Crippen LogP contribution in [0.1, 0.15) is 66.2 Å². The molecule has 0 unspecified atom stereocenters. The van der Waals surface area contributed by atoms with Crippen molar-refractivity contribution in [3.05, 3.63) is 98.5 Å². The molecule has 9 heteroatoms. The molecule has 0 radical (unpaired) electrons. The van der Waals surface area contributed by atoms with Crippen molar-refractivity contribution in [1.29, 1.82) is 0 Å². The average Bonchev–Trinajstić information content (AvgIpc) is 3.73. The highest BCUT2D eigenvalue weighted by molar-refractivity contribution is 6.44. The van der Waals surface area contributed by atoms with Gasteiger partial charge in [0.05, 0.1) is 26.9 Å². The summed E-state index contributed by atoms with van der Waals surface area (Å²) in [6, 6.07) is 16.1. The van der Waals surface area contributed by atoms with Crippen LogP contribution in [0.15, 0.2) is 60.7 Å². The first-order valence-corrected chi connectivity index (χ1v) is 13.8. The average molecular weight is 592 g/mol. The van der Waals surface area contributed by atoms with E-state index in [1.807, 2.05) is 24.3 Å². The molecule has 0 N–H and O–H groups in total. The molecular weight excluding hydrogens is 560 g/mol. The number of halogens is 5. The Morgan fingerprint density at radius 3 is 2.20 bits per heavy atom. The molecule has 0 bridgehead atoms. The fourth-order valence-electron chi connectivity index (χ4n) is 4.56. The molecule has 0 heterocycles. The normalized spacial score (nSPS) is 13.7. The van der Waals surface area contributed by atoms with Crippen LogP contribution >= 0.6 is 23.2 Å². The Kier molecular flexibility index (Phi) is 8.86. The molecule has 1 aliphatic carbocycles. The number of rotatable bonds is 9. The first-order chi connectivity index (χ1) is 18.8. The molecule has 1 aliphatic rings. The van der Waals surface area contributed by atoms with Gasteiger partial charge in [0.2, 0.25) is 6.41 Å². The van der Waals surface area contributed by atoms with Gasteiger partial charge in [-0.25, -0.2) is 0 Å². The van der Waals surface area contributed by atoms with Gasteiger partial charge < -0.3 is 9.80 Å². The zero-order valence-electron chi connectivity index (χ0n) is 22.6. The van der Waals surface area contributed by atoms with Gasteiger partial charge in [-0.1, -0.05) is 86.4 Å². The van der Waals surface area contributed by atoms with Gasteiger partial charge in [-0.05, 0) is 59.6 Å². The Morgan fingerprint density at radius 1 is 0.950 bits per heavy atom. The Bertz CT molecular complexity index is 1380. The molecule has 4 rings (SSSR count). The number of hydrogen-bond donors (Lipinski definition) is 0. The second kappa shape index (κ2) is 11.8. The zero-order valence-corrected chi connectivity index (χ0v) is 24.1. The third-order valence-electron chi connectivity index (χ3n) is 7.02. The van der Waals surface area contributed by atoms with Gasteiger partial charge in [0, 0.05) is 19.1 Å². The lowest BCUT2D eigenvalue weighted by molar-refractivity contribution is -0.137. The van der Waals surface area contributed by atoms with Crippen LogP contribution in [-0.2, 0) is 29.4 Å². The maximum atomic E-state index is 14.1. The largest absolute Gasteiger partial charge is 0.416 e. The van der Waals surface area contributed by atoms with Gasteiger partial charge in [0.15, 0.2) is 0 Å². The lowest BCUT2D eigenvalue weighted by atomic mass is 9.87. The standard InChI is InChI=1S/C31H31Cl2F3N2O2/c1-30(2,3)22-9-7-21(8-10-22)18-37(16-15-20-5-4-6-23(17-20)31(34,35)36)29(40)27-26(14-13-25(32)28(27)33)38(19-39)24-11-12-24/h4-10,13-14,17,19,24H,11-12,15-16,18H2,1-3H3. The van der Waals surface area contributed by atoms with Gasteiger partial charge >= 0.3 is 6.18 Å². The van der Waals surface area contributed by atoms with Crippen molar-refractivity contribution < 1.29 is 22.8 Å². The third kappa shape index (κ3) is 6.99. The van der Waals surface area contributed by atoms with E-state index in [2.05, 4.69) is 20.8 Å². The number of hydrogen-bond acceptors (Lipinski definition) is 2. The molecule has 3 aromatic rings. The van der Waals surface area contributed by atoms with Gasteiger partial charge in [-0.3, -0.25) is 9.59 Å². The summed E-state index contributed by atoms with van der Waals surface area (Å²) < 4.78 is 39.9. The molecule has 0 spiro atoms. The Balaban J connectivity index is 1.70. The SMILES string of the molecule is CC(C)(C)c1ccc(CN(CCc2cccc(C(F)(F)F)c2)C(=O)c2c(N(C=O)C3CC3)ccc(Cl)c2Cl)cc1. The van der Waals surface area contributed by atoms with Crippen molar-refractivity contribution in [2.24, 2.45) is 0 Å². The maximum Gasteiger partial charge on any atom is 0.416 e. The highest BCUT2D eigenvalue weighted by Crippen LogP contribution is 2.39. The predicted molar refractivity (Wildman–Crippen MR) is 153 cm³/mol. The number of carbonyl (C=O) groups excluding carboxylic acids is 2. The smallest absolute Gasteiger partial charge is 0.334 e. The summed E-state index contributed by atoms with van der Waals surface area (Å²) in [6.45, 7) is 6.62. The predicted octanol–water partition coefficient (Wildman–Crippen LogP) is 8.32. The highest BCUT2D eigenvalue weighted by atomic mass is 35.5. The lowest BCUT2D eigenvalue weighted by Gasteiger charge is -2.28. The van der Waals surface area contributed by atoms with Crippen molar-refractivity contribution in [2.45, 2.75) is 64.2 Å². The molecule has 1 fully saturated rings. The van der Waals surface area contributed by atoms with Crippen molar-refractivity contribution in [2.75, 3.05) is 11.4 Å². The minimum absolute atomic E-state index is 0.0233. The van der Waals surface area contributed by atoms with Crippen LogP contribution in [0.4, 0.5) is 18.9 Å². The number of alkyl halides is 3. The first-order valence-electron chi connectivity index (χ1n) is 13.1. The molecule has 4 nitrogen and oxygen atoms in total. The van der Waals surface area contributed by atoms with Crippen molar-refractivity contribution in [3.8, 4) is 0 Å². The lowest BCUT2D eigenvalue weighted by Crippen LogP contribution is -2.35. The van der Waals surface area contributed by atoms with Crippen LogP contribution in [0.5, 0.6) is 0 Å². The quantitative estimate of drug-likeness (QED) is 0.235. The van der Waals surface area contributed by atoms with Crippen molar-refractivity contribution in [1.82, 2.24) is 4.90 Å². The summed E-state index contributed by atoms with van der Waals surface area (Å²) in [6.07, 6.45) is -1.97. The van der Waals surface area contributed by atoms with Crippen molar-refractivity contribution in [3.63, 3.8) is 0 Å². The van der Waals surface area contributed by atoms with Gasteiger partial charge in [0.1, 0.15) is 0 Å². The van der Waals surface area contributed by atoms with E-state index in [9.17, 15) is 22.8 Å². The molecule has 0 saturated heterocycles. The Morgan fingerprint density at radius 2 is 1.62 bits per heavy atom. The van der Waals surface area contributed by atoms with Gasteiger partial charge in [-0.2, -0.15) is 13.2 Å². The van der Waals surface area contributed by atoms with Crippen LogP contribution in [0.3, 0.4) is 0 Å². The molecule has 3 aromatic carbocycles. The summed E-state index contributed by atoms with van der Waals surface area (Å²) >= 11 is 12.9. The highest BCUT2D eigenvalue weighted by Gasteiger charge is 2.34. The number of carbonyl (C=O) groups is 2. The Hall–Kier alpha value is -3.03. The fourth-order valence-corrected chi connectivity index (χ4v) is 4.96. The van der Waals surface area contributed by atoms with Gasteiger partial charge in [0.25, 0.3) is 5.91 Å². The van der Waals surface area contributed by atoms with E-state index in [0.29, 0.717) is 17.7 Å². The molecule has 0 aromatic heterocycles. The van der Waals surface area contributed by atoms with Crippen LogP contribution in [-0.4, -0.2) is 29.8 Å². The number of benzene rings is 3. The summed E-state index contributed by atoms with van der Waals surface area (Å²) in [7, 11) is 0. The molecule has 1 saturated carbocycles. The number of anilines is 1. The second-order valence-electron chi connectivity index (χ2n) is 11.1.